The van der Waals surface area contributed by atoms with Crippen molar-refractivity contribution in [3.05, 3.63) is 29.3 Å². The minimum absolute atomic E-state index is 0.103. The molecule has 1 fully saturated rings. The predicted octanol–water partition coefficient (Wildman–Crippen LogP) is 3.11. The van der Waals surface area contributed by atoms with Crippen LogP contribution in [0.3, 0.4) is 0 Å². The van der Waals surface area contributed by atoms with Gasteiger partial charge in [0.25, 0.3) is 0 Å². The van der Waals surface area contributed by atoms with Crippen LogP contribution in [0.2, 0.25) is 0 Å². The number of thioether (sulfide) groups is 1. The van der Waals surface area contributed by atoms with Crippen molar-refractivity contribution >= 4 is 24.3 Å². The fourth-order valence-corrected chi connectivity index (χ4v) is 4.37. The highest BCUT2D eigenvalue weighted by atomic mass is 32.2. The molecule has 0 aromatic heterocycles. The zero-order valence-electron chi connectivity index (χ0n) is 16.6. The Morgan fingerprint density at radius 2 is 2.07 bits per heavy atom. The maximum Gasteiger partial charge on any atom is 0.150 e. The molecule has 1 unspecified atom stereocenters. The van der Waals surface area contributed by atoms with Crippen molar-refractivity contribution < 1.29 is 14.3 Å². The van der Waals surface area contributed by atoms with Gasteiger partial charge in [0.05, 0.1) is 19.3 Å². The first kappa shape index (κ1) is 22.1. The molecule has 0 bridgehead atoms. The van der Waals surface area contributed by atoms with Gasteiger partial charge in [-0.05, 0) is 43.8 Å². The summed E-state index contributed by atoms with van der Waals surface area (Å²) in [5.74, 6) is 1.02. The Hall–Kier alpha value is -1.21. The number of benzene rings is 1. The summed E-state index contributed by atoms with van der Waals surface area (Å²) in [6, 6.07) is 5.80. The van der Waals surface area contributed by atoms with E-state index in [9.17, 15) is 9.59 Å². The van der Waals surface area contributed by atoms with Gasteiger partial charge in [-0.2, -0.15) is 0 Å². The summed E-state index contributed by atoms with van der Waals surface area (Å²) in [6.45, 7) is 7.49. The van der Waals surface area contributed by atoms with Crippen LogP contribution in [0, 0.1) is 0 Å². The van der Waals surface area contributed by atoms with E-state index >= 15 is 0 Å². The van der Waals surface area contributed by atoms with Crippen molar-refractivity contribution in [3.8, 4) is 0 Å². The highest BCUT2D eigenvalue weighted by Gasteiger charge is 2.17. The van der Waals surface area contributed by atoms with E-state index in [4.69, 9.17) is 4.74 Å². The topological polar surface area (TPSA) is 49.9 Å². The van der Waals surface area contributed by atoms with Crippen molar-refractivity contribution in [1.29, 1.82) is 0 Å². The lowest BCUT2D eigenvalue weighted by Gasteiger charge is -2.26. The van der Waals surface area contributed by atoms with Gasteiger partial charge in [0.15, 0.2) is 0 Å². The van der Waals surface area contributed by atoms with Crippen molar-refractivity contribution in [2.45, 2.75) is 43.7 Å². The largest absolute Gasteiger partial charge is 0.379 e. The highest BCUT2D eigenvalue weighted by Crippen LogP contribution is 2.27. The molecule has 1 atom stereocenters. The molecular formula is C21H32N2O3S. The first-order chi connectivity index (χ1) is 13.2. The van der Waals surface area contributed by atoms with Crippen LogP contribution in [-0.2, 0) is 16.1 Å². The molecule has 1 saturated heterocycles. The molecule has 2 rings (SSSR count). The van der Waals surface area contributed by atoms with Crippen LogP contribution in [0.4, 0.5) is 0 Å². The number of rotatable bonds is 12. The number of aldehydes is 2. The number of hydrogen-bond acceptors (Lipinski definition) is 6. The highest BCUT2D eigenvalue weighted by molar-refractivity contribution is 7.99. The molecule has 1 heterocycles. The molecule has 5 nitrogen and oxygen atoms in total. The summed E-state index contributed by atoms with van der Waals surface area (Å²) in [4.78, 5) is 28.6. The number of morpholine rings is 1. The Balaban J connectivity index is 1.96. The predicted molar refractivity (Wildman–Crippen MR) is 111 cm³/mol. The summed E-state index contributed by atoms with van der Waals surface area (Å²) in [7, 11) is 1.96. The van der Waals surface area contributed by atoms with Crippen LogP contribution in [0.15, 0.2) is 23.1 Å². The Morgan fingerprint density at radius 1 is 1.30 bits per heavy atom. The van der Waals surface area contributed by atoms with Gasteiger partial charge in [-0.25, -0.2) is 0 Å². The average Bonchev–Trinajstić information content (AvgIpc) is 2.70. The third-order valence-electron chi connectivity index (χ3n) is 4.99. The fourth-order valence-electron chi connectivity index (χ4n) is 3.35. The summed E-state index contributed by atoms with van der Waals surface area (Å²) in [5, 5.41) is 0. The smallest absolute Gasteiger partial charge is 0.150 e. The summed E-state index contributed by atoms with van der Waals surface area (Å²) in [6.07, 6.45) is 4.86. The molecule has 1 aliphatic heterocycles. The van der Waals surface area contributed by atoms with Crippen LogP contribution < -0.4 is 0 Å². The molecule has 27 heavy (non-hydrogen) atoms. The second kappa shape index (κ2) is 12.3. The monoisotopic (exact) mass is 392 g/mol. The quantitative estimate of drug-likeness (QED) is 0.309. The van der Waals surface area contributed by atoms with Crippen LogP contribution in [0.5, 0.6) is 0 Å². The zero-order valence-corrected chi connectivity index (χ0v) is 17.4. The number of likely N-dealkylation sites (N-methyl/N-ethyl adjacent to an activating group) is 1. The van der Waals surface area contributed by atoms with Gasteiger partial charge in [0, 0.05) is 30.1 Å². The Labute approximate surface area is 167 Å². The fraction of sp³-hybridized carbons (Fsp3) is 0.619. The van der Waals surface area contributed by atoms with E-state index in [-0.39, 0.29) is 6.04 Å². The van der Waals surface area contributed by atoms with Crippen LogP contribution in [0.1, 0.15) is 42.1 Å². The molecule has 0 amide bonds. The van der Waals surface area contributed by atoms with Crippen LogP contribution >= 0.6 is 11.8 Å². The third-order valence-corrected chi connectivity index (χ3v) is 6.18. The second-order valence-corrected chi connectivity index (χ2v) is 8.14. The molecule has 0 N–H and O–H groups in total. The van der Waals surface area contributed by atoms with E-state index in [0.717, 1.165) is 86.5 Å². The van der Waals surface area contributed by atoms with Crippen molar-refractivity contribution in [2.75, 3.05) is 45.6 Å². The van der Waals surface area contributed by atoms with Gasteiger partial charge < -0.3 is 9.53 Å². The minimum Gasteiger partial charge on any atom is -0.379 e. The maximum atomic E-state index is 11.5. The first-order valence-corrected chi connectivity index (χ1v) is 10.8. The third kappa shape index (κ3) is 7.03. The van der Waals surface area contributed by atoms with E-state index in [0.29, 0.717) is 6.54 Å². The van der Waals surface area contributed by atoms with Gasteiger partial charge in [-0.3, -0.25) is 14.6 Å². The molecular weight excluding hydrogens is 360 g/mol. The molecule has 0 saturated carbocycles. The van der Waals surface area contributed by atoms with Crippen molar-refractivity contribution in [2.24, 2.45) is 0 Å². The molecule has 0 aliphatic carbocycles. The minimum atomic E-state index is -0.103. The number of carbonyl (C=O) groups excluding carboxylic acids is 2. The SMILES string of the molecule is CCCC(C=O)N(C)Cc1c(C=O)cccc1SCCCN1CCOCC1. The first-order valence-electron chi connectivity index (χ1n) is 9.85. The number of ether oxygens (including phenoxy) is 1. The summed E-state index contributed by atoms with van der Waals surface area (Å²) in [5.41, 5.74) is 1.76. The molecule has 0 radical (unpaired) electrons. The van der Waals surface area contributed by atoms with Gasteiger partial charge in [-0.1, -0.05) is 25.5 Å². The second-order valence-electron chi connectivity index (χ2n) is 7.01. The van der Waals surface area contributed by atoms with E-state index in [1.54, 1.807) is 0 Å². The number of carbonyl (C=O) groups is 2. The molecule has 150 valence electrons. The molecule has 1 aliphatic rings. The van der Waals surface area contributed by atoms with Gasteiger partial charge in [0.1, 0.15) is 12.6 Å². The van der Waals surface area contributed by atoms with Crippen LogP contribution in [0.25, 0.3) is 0 Å². The lowest BCUT2D eigenvalue weighted by molar-refractivity contribution is -0.112. The zero-order chi connectivity index (χ0) is 19.5. The molecule has 1 aromatic carbocycles. The molecule has 0 spiro atoms. The Bertz CT molecular complexity index is 591. The molecule has 1 aromatic rings. The van der Waals surface area contributed by atoms with E-state index in [1.807, 2.05) is 30.9 Å². The van der Waals surface area contributed by atoms with Gasteiger partial charge >= 0.3 is 0 Å². The Morgan fingerprint density at radius 3 is 2.74 bits per heavy atom. The Kier molecular flexibility index (Phi) is 10.1. The summed E-state index contributed by atoms with van der Waals surface area (Å²) >= 11 is 1.81. The van der Waals surface area contributed by atoms with Crippen molar-refractivity contribution in [1.82, 2.24) is 9.80 Å². The van der Waals surface area contributed by atoms with Crippen LogP contribution in [-0.4, -0.2) is 74.1 Å². The van der Waals surface area contributed by atoms with Crippen molar-refractivity contribution in [3.63, 3.8) is 0 Å². The van der Waals surface area contributed by atoms with Gasteiger partial charge in [-0.15, -0.1) is 11.8 Å². The molecule has 6 heteroatoms. The lowest BCUT2D eigenvalue weighted by Crippen LogP contribution is -2.37. The maximum absolute atomic E-state index is 11.5. The normalized spacial score (nSPS) is 16.4. The summed E-state index contributed by atoms with van der Waals surface area (Å²) < 4.78 is 5.39. The lowest BCUT2D eigenvalue weighted by atomic mass is 10.1. The van der Waals surface area contributed by atoms with Gasteiger partial charge in [0.2, 0.25) is 0 Å². The number of nitrogens with zero attached hydrogens (tertiary/aromatic N) is 2. The van der Waals surface area contributed by atoms with E-state index in [2.05, 4.69) is 22.8 Å². The average molecular weight is 393 g/mol. The standard InChI is InChI=1S/C21H32N2O3S/c1-3-6-19(17-25)22(2)15-20-18(16-24)7-4-8-21(20)27-14-5-9-23-10-12-26-13-11-23/h4,7-8,16-17,19H,3,5-6,9-15H2,1-2H3. The number of hydrogen-bond donors (Lipinski definition) is 0. The van der Waals surface area contributed by atoms with E-state index in [1.165, 1.54) is 0 Å². The van der Waals surface area contributed by atoms with E-state index < -0.39 is 0 Å².